The predicted molar refractivity (Wildman–Crippen MR) is 85.8 cm³/mol. The molecule has 24 heavy (non-hydrogen) atoms. The van der Waals surface area contributed by atoms with Crippen LogP contribution in [0.4, 0.5) is 10.1 Å². The summed E-state index contributed by atoms with van der Waals surface area (Å²) in [6.07, 6.45) is 0. The zero-order valence-corrected chi connectivity index (χ0v) is 14.6. The Morgan fingerprint density at radius 1 is 1.38 bits per heavy atom. The van der Waals surface area contributed by atoms with Crippen molar-refractivity contribution in [2.45, 2.75) is 31.7 Å². The average molecular weight is 376 g/mol. The number of carbonyl (C=O) groups excluding carboxylic acids is 1. The van der Waals surface area contributed by atoms with E-state index < -0.39 is 27.8 Å². The number of aryl methyl sites for hydroxylation is 2. The fraction of sp³-hybridized carbons (Fsp3) is 0.286. The molecule has 1 aromatic heterocycles. The maximum Gasteiger partial charge on any atom is 0.246 e. The summed E-state index contributed by atoms with van der Waals surface area (Å²) in [4.78, 5) is 12.0. The summed E-state index contributed by atoms with van der Waals surface area (Å²) in [5.74, 6) is -1.13. The van der Waals surface area contributed by atoms with Crippen molar-refractivity contribution in [1.82, 2.24) is 9.88 Å². The van der Waals surface area contributed by atoms with Gasteiger partial charge in [0.25, 0.3) is 0 Å². The quantitative estimate of drug-likeness (QED) is 0.835. The zero-order chi connectivity index (χ0) is 18.1. The standard InChI is InChI=1S/C14H15ClFN3O4S/c1-7-13(9(3)23-18-7)24(21,22)19-8(2)14(20)17-10-4-5-12(16)11(15)6-10/h4-6,8,19H,1-3H3,(H,17,20). The molecule has 0 radical (unpaired) electrons. The first-order chi connectivity index (χ1) is 11.1. The minimum absolute atomic E-state index is 0.105. The maximum atomic E-state index is 13.1. The van der Waals surface area contributed by atoms with Crippen LogP contribution in [0.1, 0.15) is 18.4 Å². The van der Waals surface area contributed by atoms with Crippen LogP contribution in [0.2, 0.25) is 5.02 Å². The lowest BCUT2D eigenvalue weighted by Crippen LogP contribution is -2.41. The Kier molecular flexibility index (Phi) is 5.26. The largest absolute Gasteiger partial charge is 0.360 e. The summed E-state index contributed by atoms with van der Waals surface area (Å²) in [6.45, 7) is 4.31. The molecule has 7 nitrogen and oxygen atoms in total. The summed E-state index contributed by atoms with van der Waals surface area (Å²) in [7, 11) is -3.98. The summed E-state index contributed by atoms with van der Waals surface area (Å²) >= 11 is 5.63. The highest BCUT2D eigenvalue weighted by molar-refractivity contribution is 7.89. The van der Waals surface area contributed by atoms with E-state index >= 15 is 0 Å². The van der Waals surface area contributed by atoms with Crippen molar-refractivity contribution in [3.05, 3.63) is 40.5 Å². The molecule has 10 heteroatoms. The molecule has 1 heterocycles. The third-order valence-corrected chi connectivity index (χ3v) is 5.22. The van der Waals surface area contributed by atoms with Crippen molar-refractivity contribution in [2.75, 3.05) is 5.32 Å². The van der Waals surface area contributed by atoms with E-state index in [0.717, 1.165) is 6.07 Å². The van der Waals surface area contributed by atoms with Gasteiger partial charge in [-0.2, -0.15) is 4.72 Å². The van der Waals surface area contributed by atoms with Gasteiger partial charge < -0.3 is 9.84 Å². The number of aromatic nitrogens is 1. The van der Waals surface area contributed by atoms with Crippen LogP contribution in [0, 0.1) is 19.7 Å². The molecule has 2 rings (SSSR count). The topological polar surface area (TPSA) is 101 Å². The number of halogens is 2. The number of amides is 1. The fourth-order valence-corrected chi connectivity index (χ4v) is 3.74. The number of carbonyl (C=O) groups is 1. The Bertz CT molecular complexity index is 863. The molecule has 0 saturated carbocycles. The molecular formula is C14H15ClFN3O4S. The molecule has 0 aliphatic carbocycles. The Balaban J connectivity index is 2.12. The van der Waals surface area contributed by atoms with E-state index in [1.807, 2.05) is 0 Å². The van der Waals surface area contributed by atoms with Crippen molar-refractivity contribution in [3.63, 3.8) is 0 Å². The summed E-state index contributed by atoms with van der Waals surface area (Å²) < 4.78 is 44.8. The molecule has 0 aliphatic heterocycles. The van der Waals surface area contributed by atoms with Gasteiger partial charge in [-0.1, -0.05) is 16.8 Å². The van der Waals surface area contributed by atoms with Gasteiger partial charge in [-0.25, -0.2) is 12.8 Å². The van der Waals surface area contributed by atoms with E-state index in [1.165, 1.54) is 32.9 Å². The van der Waals surface area contributed by atoms with Crippen LogP contribution in [0.3, 0.4) is 0 Å². The Hall–Kier alpha value is -1.97. The minimum atomic E-state index is -3.98. The lowest BCUT2D eigenvalue weighted by atomic mass is 10.3. The van der Waals surface area contributed by atoms with Crippen LogP contribution >= 0.6 is 11.6 Å². The Morgan fingerprint density at radius 3 is 2.58 bits per heavy atom. The second-order valence-electron chi connectivity index (χ2n) is 5.11. The van der Waals surface area contributed by atoms with Gasteiger partial charge >= 0.3 is 0 Å². The Morgan fingerprint density at radius 2 is 2.04 bits per heavy atom. The number of benzene rings is 1. The van der Waals surface area contributed by atoms with E-state index in [1.54, 1.807) is 0 Å². The number of rotatable bonds is 5. The molecule has 0 bridgehead atoms. The molecular weight excluding hydrogens is 361 g/mol. The second-order valence-corrected chi connectivity index (χ2v) is 7.17. The van der Waals surface area contributed by atoms with Crippen molar-refractivity contribution in [3.8, 4) is 0 Å². The molecule has 1 aromatic carbocycles. The molecule has 130 valence electrons. The van der Waals surface area contributed by atoms with E-state index in [9.17, 15) is 17.6 Å². The molecule has 0 fully saturated rings. The molecule has 1 unspecified atom stereocenters. The number of hydrogen-bond donors (Lipinski definition) is 2. The first kappa shape index (κ1) is 18.4. The van der Waals surface area contributed by atoms with Crippen molar-refractivity contribution < 1.29 is 22.1 Å². The Labute approximate surface area is 143 Å². The lowest BCUT2D eigenvalue weighted by Gasteiger charge is -2.14. The number of nitrogens with zero attached hydrogens (tertiary/aromatic N) is 1. The second kappa shape index (κ2) is 6.88. The van der Waals surface area contributed by atoms with Crippen LogP contribution in [-0.2, 0) is 14.8 Å². The smallest absolute Gasteiger partial charge is 0.246 e. The fourth-order valence-electron chi connectivity index (χ4n) is 2.03. The van der Waals surface area contributed by atoms with Gasteiger partial charge in [-0.15, -0.1) is 0 Å². The molecule has 0 saturated heterocycles. The highest BCUT2D eigenvalue weighted by atomic mass is 35.5. The van der Waals surface area contributed by atoms with Gasteiger partial charge in [-0.3, -0.25) is 4.79 Å². The van der Waals surface area contributed by atoms with Crippen molar-refractivity contribution >= 4 is 33.2 Å². The third kappa shape index (κ3) is 3.92. The molecule has 2 aromatic rings. The van der Waals surface area contributed by atoms with Crippen LogP contribution in [0.25, 0.3) is 0 Å². The highest BCUT2D eigenvalue weighted by Crippen LogP contribution is 2.21. The van der Waals surface area contributed by atoms with Gasteiger partial charge in [0.1, 0.15) is 16.4 Å². The number of anilines is 1. The van der Waals surface area contributed by atoms with Crippen molar-refractivity contribution in [2.24, 2.45) is 0 Å². The average Bonchev–Trinajstić information content (AvgIpc) is 2.82. The van der Waals surface area contributed by atoms with Crippen LogP contribution in [-0.4, -0.2) is 25.5 Å². The molecule has 2 N–H and O–H groups in total. The predicted octanol–water partition coefficient (Wildman–Crippen LogP) is 2.39. The van der Waals surface area contributed by atoms with E-state index in [4.69, 9.17) is 16.1 Å². The summed E-state index contributed by atoms with van der Waals surface area (Å²) in [6, 6.07) is 2.54. The number of sulfonamides is 1. The molecule has 0 spiro atoms. The molecule has 0 aliphatic rings. The molecule has 1 atom stereocenters. The maximum absolute atomic E-state index is 13.1. The third-order valence-electron chi connectivity index (χ3n) is 3.15. The monoisotopic (exact) mass is 375 g/mol. The van der Waals surface area contributed by atoms with E-state index in [0.29, 0.717) is 0 Å². The SMILES string of the molecule is Cc1noc(C)c1S(=O)(=O)NC(C)C(=O)Nc1ccc(F)c(Cl)c1. The van der Waals surface area contributed by atoms with E-state index in [-0.39, 0.29) is 27.1 Å². The summed E-state index contributed by atoms with van der Waals surface area (Å²) in [5.41, 5.74) is 0.438. The van der Waals surface area contributed by atoms with Gasteiger partial charge in [-0.05, 0) is 39.0 Å². The van der Waals surface area contributed by atoms with Crippen LogP contribution in [0.5, 0.6) is 0 Å². The van der Waals surface area contributed by atoms with Crippen molar-refractivity contribution in [1.29, 1.82) is 0 Å². The van der Waals surface area contributed by atoms with Crippen LogP contribution < -0.4 is 10.0 Å². The first-order valence-electron chi connectivity index (χ1n) is 6.83. The molecule has 1 amide bonds. The van der Waals surface area contributed by atoms with Gasteiger partial charge in [0, 0.05) is 5.69 Å². The zero-order valence-electron chi connectivity index (χ0n) is 13.1. The highest BCUT2D eigenvalue weighted by Gasteiger charge is 2.28. The first-order valence-corrected chi connectivity index (χ1v) is 8.69. The normalized spacial score (nSPS) is 12.9. The van der Waals surface area contributed by atoms with Gasteiger partial charge in [0.05, 0.1) is 11.1 Å². The van der Waals surface area contributed by atoms with Crippen LogP contribution in [0.15, 0.2) is 27.6 Å². The van der Waals surface area contributed by atoms with Gasteiger partial charge in [0.15, 0.2) is 5.76 Å². The van der Waals surface area contributed by atoms with Gasteiger partial charge in [0.2, 0.25) is 15.9 Å². The summed E-state index contributed by atoms with van der Waals surface area (Å²) in [5, 5.41) is 5.87. The lowest BCUT2D eigenvalue weighted by molar-refractivity contribution is -0.117. The number of nitrogens with one attached hydrogen (secondary N) is 2. The van der Waals surface area contributed by atoms with E-state index in [2.05, 4.69) is 15.2 Å². The number of hydrogen-bond acceptors (Lipinski definition) is 5. The minimum Gasteiger partial charge on any atom is -0.360 e.